The number of Topliss-reactive ketones (excluding diaryl/α,β-unsaturated/α-hetero) is 2. The van der Waals surface area contributed by atoms with E-state index < -0.39 is 0 Å². The number of ketones is 2. The van der Waals surface area contributed by atoms with Gasteiger partial charge in [0, 0.05) is 39.7 Å². The van der Waals surface area contributed by atoms with E-state index in [0.717, 1.165) is 86.2 Å². The van der Waals surface area contributed by atoms with Crippen LogP contribution >= 0.6 is 15.9 Å². The van der Waals surface area contributed by atoms with Crippen LogP contribution in [-0.2, 0) is 23.7 Å². The van der Waals surface area contributed by atoms with E-state index in [1.165, 1.54) is 0 Å². The van der Waals surface area contributed by atoms with Gasteiger partial charge in [-0.15, -0.1) is 0 Å². The molecule has 0 saturated heterocycles. The minimum absolute atomic E-state index is 0.0578. The molecule has 0 aliphatic heterocycles. The molecular weight excluding hydrogens is 672 g/mol. The topological polar surface area (TPSA) is 52.6 Å². The summed E-state index contributed by atoms with van der Waals surface area (Å²) in [5.74, 6) is 2.52. The SMILES string of the molecule is COc1c(C(C)(C)C)cc2c(c1-c1ccccc1)CC(CC(C)(C)C)C2=O.COc1c(C(C)(C)C)cc2c(c1Br)CC(CC(C)(C)C)C2=O. The van der Waals surface area contributed by atoms with Crippen molar-refractivity contribution in [1.29, 1.82) is 0 Å². The molecule has 266 valence electrons. The third kappa shape index (κ3) is 8.52. The van der Waals surface area contributed by atoms with Gasteiger partial charge in [-0.1, -0.05) is 113 Å². The van der Waals surface area contributed by atoms with E-state index in [0.29, 0.717) is 11.6 Å². The van der Waals surface area contributed by atoms with E-state index in [4.69, 9.17) is 9.47 Å². The summed E-state index contributed by atoms with van der Waals surface area (Å²) in [4.78, 5) is 26.1. The fourth-order valence-corrected chi connectivity index (χ4v) is 8.34. The largest absolute Gasteiger partial charge is 0.496 e. The van der Waals surface area contributed by atoms with E-state index in [2.05, 4.69) is 123 Å². The number of halogens is 1. The molecule has 2 aliphatic carbocycles. The van der Waals surface area contributed by atoms with Crippen LogP contribution in [0, 0.1) is 22.7 Å². The molecule has 3 aromatic carbocycles. The number of benzene rings is 3. The molecule has 5 heteroatoms. The van der Waals surface area contributed by atoms with Crippen LogP contribution in [-0.4, -0.2) is 25.8 Å². The smallest absolute Gasteiger partial charge is 0.166 e. The second-order valence-electron chi connectivity index (χ2n) is 18.6. The van der Waals surface area contributed by atoms with Crippen molar-refractivity contribution in [3.8, 4) is 22.6 Å². The van der Waals surface area contributed by atoms with Crippen LogP contribution < -0.4 is 9.47 Å². The van der Waals surface area contributed by atoms with Crippen LogP contribution in [0.2, 0.25) is 0 Å². The Bertz CT molecular complexity index is 1710. The van der Waals surface area contributed by atoms with Crippen molar-refractivity contribution in [3.63, 3.8) is 0 Å². The monoisotopic (exact) mass is 730 g/mol. The number of carbonyl (C=O) groups is 2. The van der Waals surface area contributed by atoms with Crippen molar-refractivity contribution in [2.24, 2.45) is 22.7 Å². The second-order valence-corrected chi connectivity index (χ2v) is 19.4. The molecule has 0 radical (unpaired) electrons. The molecule has 0 saturated carbocycles. The van der Waals surface area contributed by atoms with Gasteiger partial charge in [-0.3, -0.25) is 9.59 Å². The second kappa shape index (κ2) is 14.0. The summed E-state index contributed by atoms with van der Waals surface area (Å²) >= 11 is 3.69. The van der Waals surface area contributed by atoms with Gasteiger partial charge in [-0.25, -0.2) is 0 Å². The minimum Gasteiger partial charge on any atom is -0.496 e. The molecule has 0 N–H and O–H groups in total. The molecule has 0 bridgehead atoms. The van der Waals surface area contributed by atoms with Gasteiger partial charge in [0.1, 0.15) is 11.5 Å². The Labute approximate surface area is 304 Å². The molecule has 0 heterocycles. The summed E-state index contributed by atoms with van der Waals surface area (Å²) < 4.78 is 12.5. The zero-order chi connectivity index (χ0) is 36.9. The van der Waals surface area contributed by atoms with Crippen LogP contribution in [0.3, 0.4) is 0 Å². The number of ether oxygens (including phenoxy) is 2. The maximum Gasteiger partial charge on any atom is 0.166 e. The first-order valence-corrected chi connectivity index (χ1v) is 18.6. The molecule has 2 aliphatic rings. The fraction of sp³-hybridized carbons (Fsp3) is 0.545. The lowest BCUT2D eigenvalue weighted by molar-refractivity contribution is 0.0897. The van der Waals surface area contributed by atoms with Crippen LogP contribution in [0.1, 0.15) is 139 Å². The first-order chi connectivity index (χ1) is 22.5. The first kappa shape index (κ1) is 38.9. The Hall–Kier alpha value is -2.92. The number of rotatable bonds is 5. The Morgan fingerprint density at radius 1 is 0.633 bits per heavy atom. The quantitative estimate of drug-likeness (QED) is 0.262. The summed E-state index contributed by atoms with van der Waals surface area (Å²) in [6.45, 7) is 26.2. The summed E-state index contributed by atoms with van der Waals surface area (Å²) in [6.07, 6.45) is 3.44. The molecule has 2 atom stereocenters. The number of fused-ring (bicyclic) bond motifs is 2. The number of hydrogen-bond acceptors (Lipinski definition) is 4. The predicted molar refractivity (Wildman–Crippen MR) is 208 cm³/mol. The number of hydrogen-bond donors (Lipinski definition) is 0. The van der Waals surface area contributed by atoms with Gasteiger partial charge >= 0.3 is 0 Å². The van der Waals surface area contributed by atoms with Gasteiger partial charge in [0.2, 0.25) is 0 Å². The molecular formula is C44H59BrO4. The number of methoxy groups -OCH3 is 2. The zero-order valence-corrected chi connectivity index (χ0v) is 34.1. The van der Waals surface area contributed by atoms with E-state index >= 15 is 0 Å². The Balaban J connectivity index is 0.000000226. The Morgan fingerprint density at radius 3 is 1.45 bits per heavy atom. The summed E-state index contributed by atoms with van der Waals surface area (Å²) in [6, 6.07) is 14.5. The van der Waals surface area contributed by atoms with Crippen molar-refractivity contribution in [2.45, 2.75) is 120 Å². The summed E-state index contributed by atoms with van der Waals surface area (Å²) in [5.41, 5.74) is 8.59. The van der Waals surface area contributed by atoms with Crippen LogP contribution in [0.25, 0.3) is 11.1 Å². The maximum atomic E-state index is 13.3. The third-order valence-electron chi connectivity index (χ3n) is 9.69. The highest BCUT2D eigenvalue weighted by Crippen LogP contribution is 2.49. The molecule has 3 aromatic rings. The Morgan fingerprint density at radius 2 is 1.04 bits per heavy atom. The standard InChI is InChI=1S/C25H32O2.C19H27BrO2/c1-24(2,3)15-17-13-18-19(22(17)26)14-20(25(4,5)6)23(27-7)21(18)16-11-9-8-10-12-16;1-18(2,3)10-11-8-12-13(16(11)21)9-14(19(4,5)6)17(22-7)15(12)20/h8-12,14,17H,13,15H2,1-7H3;9,11H,8,10H2,1-7H3. The first-order valence-electron chi connectivity index (χ1n) is 17.8. The highest BCUT2D eigenvalue weighted by atomic mass is 79.9. The molecule has 49 heavy (non-hydrogen) atoms. The normalized spacial score (nSPS) is 17.8. The van der Waals surface area contributed by atoms with Gasteiger partial charge in [0.25, 0.3) is 0 Å². The third-order valence-corrected chi connectivity index (χ3v) is 10.5. The van der Waals surface area contributed by atoms with Gasteiger partial charge < -0.3 is 9.47 Å². The lowest BCUT2D eigenvalue weighted by Crippen LogP contribution is -2.18. The zero-order valence-electron chi connectivity index (χ0n) is 32.5. The van der Waals surface area contributed by atoms with Crippen molar-refractivity contribution in [2.75, 3.05) is 14.2 Å². The van der Waals surface area contributed by atoms with Gasteiger partial charge in [0.05, 0.1) is 18.7 Å². The number of carbonyl (C=O) groups excluding carboxylic acids is 2. The molecule has 5 rings (SSSR count). The van der Waals surface area contributed by atoms with Crippen LogP contribution in [0.15, 0.2) is 46.9 Å². The highest BCUT2D eigenvalue weighted by Gasteiger charge is 2.39. The van der Waals surface area contributed by atoms with E-state index in [-0.39, 0.29) is 33.5 Å². The van der Waals surface area contributed by atoms with Crippen molar-refractivity contribution < 1.29 is 19.1 Å². The predicted octanol–water partition coefficient (Wildman–Crippen LogP) is 12.0. The van der Waals surface area contributed by atoms with E-state index in [1.54, 1.807) is 14.2 Å². The minimum atomic E-state index is -0.105. The van der Waals surface area contributed by atoms with Gasteiger partial charge in [-0.05, 0) is 92.1 Å². The van der Waals surface area contributed by atoms with Crippen LogP contribution in [0.4, 0.5) is 0 Å². The summed E-state index contributed by atoms with van der Waals surface area (Å²) in [7, 11) is 3.44. The van der Waals surface area contributed by atoms with Gasteiger partial charge in [-0.2, -0.15) is 0 Å². The fourth-order valence-electron chi connectivity index (χ4n) is 7.59. The highest BCUT2D eigenvalue weighted by molar-refractivity contribution is 9.10. The Kier molecular flexibility index (Phi) is 11.1. The maximum absolute atomic E-state index is 13.3. The summed E-state index contributed by atoms with van der Waals surface area (Å²) in [5, 5.41) is 0. The lowest BCUT2D eigenvalue weighted by Gasteiger charge is -2.26. The molecule has 0 fully saturated rings. The molecule has 2 unspecified atom stereocenters. The van der Waals surface area contributed by atoms with Gasteiger partial charge in [0.15, 0.2) is 11.6 Å². The lowest BCUT2D eigenvalue weighted by atomic mass is 9.81. The molecule has 4 nitrogen and oxygen atoms in total. The molecule has 0 aromatic heterocycles. The van der Waals surface area contributed by atoms with Crippen molar-refractivity contribution >= 4 is 27.5 Å². The average molecular weight is 732 g/mol. The van der Waals surface area contributed by atoms with E-state index in [9.17, 15) is 9.59 Å². The molecule has 0 amide bonds. The van der Waals surface area contributed by atoms with Crippen molar-refractivity contribution in [3.05, 3.63) is 80.3 Å². The van der Waals surface area contributed by atoms with Crippen LogP contribution in [0.5, 0.6) is 11.5 Å². The molecule has 0 spiro atoms. The average Bonchev–Trinajstić information content (AvgIpc) is 3.45. The van der Waals surface area contributed by atoms with E-state index in [1.807, 2.05) is 18.2 Å². The van der Waals surface area contributed by atoms with Crippen molar-refractivity contribution in [1.82, 2.24) is 0 Å².